The first-order valence-corrected chi connectivity index (χ1v) is 7.46. The van der Waals surface area contributed by atoms with Gasteiger partial charge in [0.05, 0.1) is 0 Å². The highest BCUT2D eigenvalue weighted by molar-refractivity contribution is 5.83. The smallest absolute Gasteiger partial charge is 0.326 e. The zero-order valence-electron chi connectivity index (χ0n) is 11.4. The van der Waals surface area contributed by atoms with Crippen LogP contribution < -0.4 is 5.32 Å². The molecule has 108 valence electrons. The zero-order chi connectivity index (χ0) is 13.7. The van der Waals surface area contributed by atoms with E-state index in [1.165, 1.54) is 37.0 Å². The zero-order valence-corrected chi connectivity index (χ0v) is 11.4. The molecule has 0 aromatic rings. The van der Waals surface area contributed by atoms with Crippen LogP contribution in [0.2, 0.25) is 0 Å². The van der Waals surface area contributed by atoms with Crippen LogP contribution in [0.5, 0.6) is 0 Å². The Bertz CT molecular complexity index is 327. The maximum atomic E-state index is 11.9. The molecule has 0 aromatic heterocycles. The number of hydrogen-bond donors (Lipinski definition) is 2. The molecule has 0 aromatic carbocycles. The highest BCUT2D eigenvalue weighted by Crippen LogP contribution is 2.28. The van der Waals surface area contributed by atoms with Crippen LogP contribution in [0.25, 0.3) is 0 Å². The molecule has 1 aliphatic heterocycles. The summed E-state index contributed by atoms with van der Waals surface area (Å²) < 4.78 is 0. The molecular formula is C14H24N2O3. The summed E-state index contributed by atoms with van der Waals surface area (Å²) in [6.45, 7) is 1.23. The van der Waals surface area contributed by atoms with E-state index >= 15 is 0 Å². The summed E-state index contributed by atoms with van der Waals surface area (Å²) in [5.41, 5.74) is 0. The number of carboxylic acids is 1. The van der Waals surface area contributed by atoms with E-state index in [-0.39, 0.29) is 6.03 Å². The number of hydrogen-bond acceptors (Lipinski definition) is 2. The number of amides is 2. The predicted molar refractivity (Wildman–Crippen MR) is 72.0 cm³/mol. The Balaban J connectivity index is 1.64. The SMILES string of the molecule is O=C(O)[C@H]1CCCN1C(=O)NCCCC1CCCC1. The Labute approximate surface area is 114 Å². The van der Waals surface area contributed by atoms with Crippen molar-refractivity contribution in [1.82, 2.24) is 10.2 Å². The molecule has 2 rings (SSSR count). The average molecular weight is 268 g/mol. The van der Waals surface area contributed by atoms with Gasteiger partial charge in [0, 0.05) is 13.1 Å². The molecule has 0 unspecified atom stereocenters. The Morgan fingerprint density at radius 3 is 2.58 bits per heavy atom. The maximum absolute atomic E-state index is 11.9. The molecule has 0 spiro atoms. The van der Waals surface area contributed by atoms with Gasteiger partial charge >= 0.3 is 12.0 Å². The van der Waals surface area contributed by atoms with E-state index in [1.54, 1.807) is 0 Å². The van der Waals surface area contributed by atoms with Gasteiger partial charge in [0.25, 0.3) is 0 Å². The first kappa shape index (κ1) is 14.2. The fourth-order valence-electron chi connectivity index (χ4n) is 3.25. The molecule has 19 heavy (non-hydrogen) atoms. The summed E-state index contributed by atoms with van der Waals surface area (Å²) in [7, 11) is 0. The van der Waals surface area contributed by atoms with Crippen LogP contribution in [-0.4, -0.2) is 41.1 Å². The molecule has 1 heterocycles. The molecular weight excluding hydrogens is 244 g/mol. The normalized spacial score (nSPS) is 23.8. The number of urea groups is 1. The summed E-state index contributed by atoms with van der Waals surface area (Å²) in [4.78, 5) is 24.4. The second-order valence-corrected chi connectivity index (χ2v) is 5.71. The number of nitrogens with one attached hydrogen (secondary N) is 1. The predicted octanol–water partition coefficient (Wildman–Crippen LogP) is 2.22. The fourth-order valence-corrected chi connectivity index (χ4v) is 3.25. The van der Waals surface area contributed by atoms with Crippen LogP contribution in [0, 0.1) is 5.92 Å². The molecule has 2 N–H and O–H groups in total. The van der Waals surface area contributed by atoms with Crippen LogP contribution in [0.4, 0.5) is 4.79 Å². The molecule has 1 aliphatic carbocycles. The lowest BCUT2D eigenvalue weighted by Gasteiger charge is -2.22. The van der Waals surface area contributed by atoms with Crippen molar-refractivity contribution in [2.45, 2.75) is 57.4 Å². The topological polar surface area (TPSA) is 69.6 Å². The molecule has 2 aliphatic rings. The van der Waals surface area contributed by atoms with E-state index in [1.807, 2.05) is 0 Å². The van der Waals surface area contributed by atoms with Gasteiger partial charge in [-0.2, -0.15) is 0 Å². The average Bonchev–Trinajstić information content (AvgIpc) is 3.04. The van der Waals surface area contributed by atoms with Crippen LogP contribution in [0.1, 0.15) is 51.4 Å². The van der Waals surface area contributed by atoms with E-state index < -0.39 is 12.0 Å². The molecule has 1 atom stereocenters. The van der Waals surface area contributed by atoms with Crippen molar-refractivity contribution >= 4 is 12.0 Å². The van der Waals surface area contributed by atoms with Gasteiger partial charge in [-0.3, -0.25) is 0 Å². The number of rotatable bonds is 5. The van der Waals surface area contributed by atoms with Gasteiger partial charge in [0.2, 0.25) is 0 Å². The number of carbonyl (C=O) groups excluding carboxylic acids is 1. The minimum Gasteiger partial charge on any atom is -0.480 e. The van der Waals surface area contributed by atoms with Gasteiger partial charge in [-0.1, -0.05) is 25.7 Å². The van der Waals surface area contributed by atoms with Gasteiger partial charge in [0.1, 0.15) is 6.04 Å². The molecule has 5 nitrogen and oxygen atoms in total. The van der Waals surface area contributed by atoms with Crippen molar-refractivity contribution in [1.29, 1.82) is 0 Å². The standard InChI is InChI=1S/C14H24N2O3/c17-13(18)12-8-4-10-16(12)14(19)15-9-3-7-11-5-1-2-6-11/h11-12H,1-10H2,(H,15,19)(H,17,18)/t12-/m1/s1. The third kappa shape index (κ3) is 3.85. The Hall–Kier alpha value is -1.26. The van der Waals surface area contributed by atoms with Gasteiger partial charge in [0.15, 0.2) is 0 Å². The number of carboxylic acid groups (broad SMARTS) is 1. The summed E-state index contributed by atoms with van der Waals surface area (Å²) in [5, 5.41) is 11.9. The van der Waals surface area contributed by atoms with E-state index in [9.17, 15) is 9.59 Å². The lowest BCUT2D eigenvalue weighted by Crippen LogP contribution is -2.46. The third-order valence-corrected chi connectivity index (χ3v) is 4.34. The van der Waals surface area contributed by atoms with Gasteiger partial charge < -0.3 is 15.3 Å². The summed E-state index contributed by atoms with van der Waals surface area (Å²) in [5.74, 6) is -0.0472. The van der Waals surface area contributed by atoms with Crippen molar-refractivity contribution in [3.63, 3.8) is 0 Å². The number of aliphatic carboxylic acids is 1. The molecule has 0 bridgehead atoms. The van der Waals surface area contributed by atoms with E-state index in [4.69, 9.17) is 5.11 Å². The van der Waals surface area contributed by atoms with Crippen molar-refractivity contribution < 1.29 is 14.7 Å². The van der Waals surface area contributed by atoms with Crippen molar-refractivity contribution in [2.75, 3.05) is 13.1 Å². The summed E-state index contributed by atoms with van der Waals surface area (Å²) >= 11 is 0. The lowest BCUT2D eigenvalue weighted by atomic mass is 10.0. The largest absolute Gasteiger partial charge is 0.480 e. The molecule has 0 radical (unpaired) electrons. The van der Waals surface area contributed by atoms with Crippen LogP contribution >= 0.6 is 0 Å². The van der Waals surface area contributed by atoms with Gasteiger partial charge in [-0.15, -0.1) is 0 Å². The highest BCUT2D eigenvalue weighted by Gasteiger charge is 2.33. The summed E-state index contributed by atoms with van der Waals surface area (Å²) in [6.07, 6.45) is 8.92. The number of carbonyl (C=O) groups is 2. The number of likely N-dealkylation sites (tertiary alicyclic amines) is 1. The fraction of sp³-hybridized carbons (Fsp3) is 0.857. The number of nitrogens with zero attached hydrogens (tertiary/aromatic N) is 1. The third-order valence-electron chi connectivity index (χ3n) is 4.34. The maximum Gasteiger partial charge on any atom is 0.326 e. The van der Waals surface area contributed by atoms with Crippen LogP contribution in [0.15, 0.2) is 0 Å². The van der Waals surface area contributed by atoms with Crippen molar-refractivity contribution in [3.8, 4) is 0 Å². The Kier molecular flexibility index (Phi) is 5.05. The minimum absolute atomic E-state index is 0.212. The summed E-state index contributed by atoms with van der Waals surface area (Å²) in [6, 6.07) is -0.842. The van der Waals surface area contributed by atoms with Crippen LogP contribution in [-0.2, 0) is 4.79 Å². The monoisotopic (exact) mass is 268 g/mol. The van der Waals surface area contributed by atoms with E-state index in [0.29, 0.717) is 19.5 Å². The van der Waals surface area contributed by atoms with Crippen molar-refractivity contribution in [3.05, 3.63) is 0 Å². The minimum atomic E-state index is -0.890. The molecule has 2 amide bonds. The molecule has 1 saturated heterocycles. The first-order valence-electron chi connectivity index (χ1n) is 7.46. The first-order chi connectivity index (χ1) is 9.18. The Morgan fingerprint density at radius 1 is 1.16 bits per heavy atom. The molecule has 1 saturated carbocycles. The van der Waals surface area contributed by atoms with E-state index in [0.717, 1.165) is 18.8 Å². The van der Waals surface area contributed by atoms with Gasteiger partial charge in [-0.25, -0.2) is 9.59 Å². The Morgan fingerprint density at radius 2 is 1.89 bits per heavy atom. The van der Waals surface area contributed by atoms with E-state index in [2.05, 4.69) is 5.32 Å². The lowest BCUT2D eigenvalue weighted by molar-refractivity contribution is -0.141. The second kappa shape index (κ2) is 6.78. The van der Waals surface area contributed by atoms with Gasteiger partial charge in [-0.05, 0) is 31.6 Å². The van der Waals surface area contributed by atoms with Crippen molar-refractivity contribution in [2.24, 2.45) is 5.92 Å². The second-order valence-electron chi connectivity index (χ2n) is 5.71. The molecule has 5 heteroatoms. The molecule has 2 fully saturated rings. The highest BCUT2D eigenvalue weighted by atomic mass is 16.4. The van der Waals surface area contributed by atoms with Crippen LogP contribution in [0.3, 0.4) is 0 Å². The quantitative estimate of drug-likeness (QED) is 0.751.